The number of piperazine rings is 1. The highest BCUT2D eigenvalue weighted by Crippen LogP contribution is 2.24. The van der Waals surface area contributed by atoms with Gasteiger partial charge in [-0.1, -0.05) is 54.6 Å². The number of rotatable bonds is 8. The average molecular weight is 404 g/mol. The summed E-state index contributed by atoms with van der Waals surface area (Å²) in [5.74, 6) is 1.62. The van der Waals surface area contributed by atoms with Crippen molar-refractivity contribution in [2.24, 2.45) is 0 Å². The van der Waals surface area contributed by atoms with Gasteiger partial charge in [0.05, 0.1) is 5.52 Å². The van der Waals surface area contributed by atoms with E-state index in [1.54, 1.807) is 0 Å². The largest absolute Gasteiger partial charge is 0.396 e. The molecule has 156 valence electrons. The van der Waals surface area contributed by atoms with Gasteiger partial charge in [-0.3, -0.25) is 4.90 Å². The van der Waals surface area contributed by atoms with Crippen LogP contribution in [0.2, 0.25) is 0 Å². The summed E-state index contributed by atoms with van der Waals surface area (Å²) in [4.78, 5) is 14.3. The van der Waals surface area contributed by atoms with Crippen LogP contribution in [0.3, 0.4) is 0 Å². The lowest BCUT2D eigenvalue weighted by Crippen LogP contribution is -2.47. The van der Waals surface area contributed by atoms with Crippen molar-refractivity contribution in [2.75, 3.05) is 56.1 Å². The molecule has 30 heavy (non-hydrogen) atoms. The number of anilines is 2. The van der Waals surface area contributed by atoms with Gasteiger partial charge in [-0.2, -0.15) is 4.98 Å². The number of fused-ring (bicyclic) bond motifs is 1. The van der Waals surface area contributed by atoms with Crippen LogP contribution in [0.5, 0.6) is 0 Å². The molecule has 3 aromatic rings. The Morgan fingerprint density at radius 2 is 1.70 bits per heavy atom. The molecule has 0 unspecified atom stereocenters. The summed E-state index contributed by atoms with van der Waals surface area (Å²) >= 11 is 0. The number of aromatic nitrogens is 2. The molecule has 0 spiro atoms. The molecule has 0 radical (unpaired) electrons. The Hall–Kier alpha value is -2.96. The molecule has 2 heterocycles. The SMILES string of the molecule is OCCCNc1nc(N2CCN(C/C=C/c3ccccc3)CC2)nc2ccccc12. The molecule has 2 N–H and O–H groups in total. The Morgan fingerprint density at radius 1 is 0.933 bits per heavy atom. The summed E-state index contributed by atoms with van der Waals surface area (Å²) in [5, 5.41) is 13.5. The van der Waals surface area contributed by atoms with Gasteiger partial charge in [0, 0.05) is 51.3 Å². The molecule has 1 aromatic heterocycles. The van der Waals surface area contributed by atoms with Crippen LogP contribution in [0.1, 0.15) is 12.0 Å². The summed E-state index contributed by atoms with van der Waals surface area (Å²) in [6.45, 7) is 5.61. The monoisotopic (exact) mass is 403 g/mol. The van der Waals surface area contributed by atoms with E-state index < -0.39 is 0 Å². The van der Waals surface area contributed by atoms with Gasteiger partial charge in [0.15, 0.2) is 0 Å². The van der Waals surface area contributed by atoms with E-state index in [0.29, 0.717) is 13.0 Å². The van der Waals surface area contributed by atoms with Crippen molar-refractivity contribution >= 4 is 28.7 Å². The molecule has 2 aromatic carbocycles. The van der Waals surface area contributed by atoms with Crippen LogP contribution in [0.25, 0.3) is 17.0 Å². The number of hydrogen-bond acceptors (Lipinski definition) is 6. The molecule has 0 aliphatic carbocycles. The highest BCUT2D eigenvalue weighted by molar-refractivity contribution is 5.90. The van der Waals surface area contributed by atoms with Gasteiger partial charge in [-0.05, 0) is 24.1 Å². The number of para-hydroxylation sites is 1. The lowest BCUT2D eigenvalue weighted by Gasteiger charge is -2.34. The van der Waals surface area contributed by atoms with Crippen molar-refractivity contribution in [1.82, 2.24) is 14.9 Å². The summed E-state index contributed by atoms with van der Waals surface area (Å²) in [7, 11) is 0. The molecule has 4 rings (SSSR count). The van der Waals surface area contributed by atoms with Crippen molar-refractivity contribution in [3.8, 4) is 0 Å². The normalized spacial score (nSPS) is 15.2. The zero-order valence-electron chi connectivity index (χ0n) is 17.2. The molecule has 0 atom stereocenters. The topological polar surface area (TPSA) is 64.5 Å². The van der Waals surface area contributed by atoms with E-state index in [-0.39, 0.29) is 6.61 Å². The first-order chi connectivity index (χ1) is 14.8. The summed E-state index contributed by atoms with van der Waals surface area (Å²) in [6.07, 6.45) is 5.12. The molecular weight excluding hydrogens is 374 g/mol. The average Bonchev–Trinajstić information content (AvgIpc) is 2.80. The smallest absolute Gasteiger partial charge is 0.227 e. The van der Waals surface area contributed by atoms with E-state index in [1.165, 1.54) is 5.56 Å². The Balaban J connectivity index is 1.39. The fourth-order valence-corrected chi connectivity index (χ4v) is 3.66. The van der Waals surface area contributed by atoms with Crippen LogP contribution < -0.4 is 10.2 Å². The van der Waals surface area contributed by atoms with Crippen LogP contribution in [0, 0.1) is 0 Å². The lowest BCUT2D eigenvalue weighted by molar-refractivity contribution is 0.283. The zero-order chi connectivity index (χ0) is 20.6. The number of benzene rings is 2. The molecule has 0 amide bonds. The molecule has 0 saturated carbocycles. The molecule has 1 saturated heterocycles. The first-order valence-corrected chi connectivity index (χ1v) is 10.6. The maximum absolute atomic E-state index is 9.08. The van der Waals surface area contributed by atoms with E-state index in [1.807, 2.05) is 30.3 Å². The van der Waals surface area contributed by atoms with Crippen molar-refractivity contribution in [1.29, 1.82) is 0 Å². The summed E-state index contributed by atoms with van der Waals surface area (Å²) in [5.41, 5.74) is 2.18. The van der Waals surface area contributed by atoms with Crippen LogP contribution in [0.15, 0.2) is 60.7 Å². The van der Waals surface area contributed by atoms with Gasteiger partial charge in [0.25, 0.3) is 0 Å². The molecule has 1 aliphatic heterocycles. The van der Waals surface area contributed by atoms with Gasteiger partial charge >= 0.3 is 0 Å². The second-order valence-electron chi connectivity index (χ2n) is 7.49. The van der Waals surface area contributed by atoms with Gasteiger partial charge in [0.1, 0.15) is 5.82 Å². The Bertz CT molecular complexity index is 968. The third kappa shape index (κ3) is 5.14. The highest BCUT2D eigenvalue weighted by atomic mass is 16.3. The quantitative estimate of drug-likeness (QED) is 0.563. The Morgan fingerprint density at radius 3 is 2.50 bits per heavy atom. The summed E-state index contributed by atoms with van der Waals surface area (Å²) in [6, 6.07) is 18.5. The van der Waals surface area contributed by atoms with E-state index in [0.717, 1.165) is 55.4 Å². The fraction of sp³-hybridized carbons (Fsp3) is 0.333. The second kappa shape index (κ2) is 10.2. The minimum atomic E-state index is 0.170. The third-order valence-electron chi connectivity index (χ3n) is 5.35. The molecule has 1 fully saturated rings. The van der Waals surface area contributed by atoms with Crippen LogP contribution in [0.4, 0.5) is 11.8 Å². The lowest BCUT2D eigenvalue weighted by atomic mass is 10.2. The zero-order valence-corrected chi connectivity index (χ0v) is 17.2. The predicted molar refractivity (Wildman–Crippen MR) is 124 cm³/mol. The molecule has 1 aliphatic rings. The minimum absolute atomic E-state index is 0.170. The molecule has 0 bridgehead atoms. The van der Waals surface area contributed by atoms with Crippen LogP contribution in [-0.2, 0) is 0 Å². The maximum Gasteiger partial charge on any atom is 0.227 e. The third-order valence-corrected chi connectivity index (χ3v) is 5.35. The van der Waals surface area contributed by atoms with E-state index in [2.05, 4.69) is 51.5 Å². The number of nitrogens with zero attached hydrogens (tertiary/aromatic N) is 4. The van der Waals surface area contributed by atoms with Crippen LogP contribution in [-0.4, -0.2) is 65.8 Å². The number of aliphatic hydroxyl groups is 1. The standard InChI is InChI=1S/C24H29N5O/c30-19-7-13-25-23-21-11-4-5-12-22(21)26-24(27-23)29-17-15-28(16-18-29)14-6-10-20-8-2-1-3-9-20/h1-6,8-12,30H,7,13-19H2,(H,25,26,27)/b10-6+. The first-order valence-electron chi connectivity index (χ1n) is 10.6. The van der Waals surface area contributed by atoms with Crippen molar-refractivity contribution in [3.63, 3.8) is 0 Å². The molecule has 6 heteroatoms. The van der Waals surface area contributed by atoms with Crippen molar-refractivity contribution in [2.45, 2.75) is 6.42 Å². The van der Waals surface area contributed by atoms with Crippen molar-refractivity contribution in [3.05, 3.63) is 66.2 Å². The van der Waals surface area contributed by atoms with Crippen LogP contribution >= 0.6 is 0 Å². The number of hydrogen-bond donors (Lipinski definition) is 2. The van der Waals surface area contributed by atoms with Gasteiger partial charge < -0.3 is 15.3 Å². The first kappa shape index (κ1) is 20.3. The van der Waals surface area contributed by atoms with Gasteiger partial charge in [-0.25, -0.2) is 4.98 Å². The van der Waals surface area contributed by atoms with E-state index in [4.69, 9.17) is 15.1 Å². The highest BCUT2D eigenvalue weighted by Gasteiger charge is 2.19. The van der Waals surface area contributed by atoms with Crippen molar-refractivity contribution < 1.29 is 5.11 Å². The number of aliphatic hydroxyl groups excluding tert-OH is 1. The van der Waals surface area contributed by atoms with E-state index >= 15 is 0 Å². The molecular formula is C24H29N5O. The van der Waals surface area contributed by atoms with Gasteiger partial charge in [-0.15, -0.1) is 0 Å². The maximum atomic E-state index is 9.08. The fourth-order valence-electron chi connectivity index (χ4n) is 3.66. The summed E-state index contributed by atoms with van der Waals surface area (Å²) < 4.78 is 0. The molecule has 6 nitrogen and oxygen atoms in total. The Kier molecular flexibility index (Phi) is 6.90. The number of nitrogens with one attached hydrogen (secondary N) is 1. The Labute approximate surface area is 177 Å². The predicted octanol–water partition coefficient (Wildman–Crippen LogP) is 3.26. The second-order valence-corrected chi connectivity index (χ2v) is 7.49. The minimum Gasteiger partial charge on any atom is -0.396 e. The van der Waals surface area contributed by atoms with E-state index in [9.17, 15) is 0 Å². The van der Waals surface area contributed by atoms with Gasteiger partial charge in [0.2, 0.25) is 5.95 Å².